The van der Waals surface area contributed by atoms with Crippen LogP contribution >= 0.6 is 0 Å². The largest absolute Gasteiger partial charge is 0.493 e. The van der Waals surface area contributed by atoms with E-state index in [1.54, 1.807) is 0 Å². The minimum atomic E-state index is 0.592. The summed E-state index contributed by atoms with van der Waals surface area (Å²) in [6.07, 6.45) is 1.67. The van der Waals surface area contributed by atoms with Crippen LogP contribution in [0.25, 0.3) is 0 Å². The van der Waals surface area contributed by atoms with Gasteiger partial charge in [-0.2, -0.15) is 0 Å². The summed E-state index contributed by atoms with van der Waals surface area (Å²) in [6.45, 7) is 5.12. The van der Waals surface area contributed by atoms with Gasteiger partial charge < -0.3 is 9.47 Å². The fraction of sp³-hybridized carbons (Fsp3) is 0.278. The van der Waals surface area contributed by atoms with Gasteiger partial charge in [0.1, 0.15) is 17.8 Å². The summed E-state index contributed by atoms with van der Waals surface area (Å²) in [6, 6.07) is 13.4. The number of carbonyl (C=O) groups is 1. The molecule has 0 fully saturated rings. The van der Waals surface area contributed by atoms with Gasteiger partial charge in [0.25, 0.3) is 0 Å². The molecule has 0 aliphatic rings. The third-order valence-electron chi connectivity index (χ3n) is 3.17. The summed E-state index contributed by atoms with van der Waals surface area (Å²) in [7, 11) is 0. The second-order valence-corrected chi connectivity index (χ2v) is 4.97. The van der Waals surface area contributed by atoms with Crippen LogP contribution in [0, 0.1) is 13.8 Å². The SMILES string of the molecule is Cc1cc(C=O)cc(C)c1OCCCOc1ccccc1. The highest BCUT2D eigenvalue weighted by Crippen LogP contribution is 2.24. The molecule has 0 aromatic heterocycles. The molecule has 2 rings (SSSR count). The lowest BCUT2D eigenvalue weighted by molar-refractivity contribution is 0.112. The Morgan fingerprint density at radius 3 is 2.19 bits per heavy atom. The van der Waals surface area contributed by atoms with E-state index in [9.17, 15) is 4.79 Å². The normalized spacial score (nSPS) is 10.2. The Hall–Kier alpha value is -2.29. The van der Waals surface area contributed by atoms with E-state index in [1.807, 2.05) is 56.3 Å². The van der Waals surface area contributed by atoms with E-state index in [1.165, 1.54) is 0 Å². The molecule has 2 aromatic carbocycles. The van der Waals surface area contributed by atoms with Crippen LogP contribution in [0.4, 0.5) is 0 Å². The number of ether oxygens (including phenoxy) is 2. The zero-order chi connectivity index (χ0) is 15.1. The third-order valence-corrected chi connectivity index (χ3v) is 3.17. The lowest BCUT2D eigenvalue weighted by Crippen LogP contribution is -2.06. The second kappa shape index (κ2) is 7.48. The zero-order valence-corrected chi connectivity index (χ0v) is 12.5. The Bertz CT molecular complexity index is 568. The number of carbonyl (C=O) groups excluding carboxylic acids is 1. The van der Waals surface area contributed by atoms with Gasteiger partial charge in [0.15, 0.2) is 0 Å². The van der Waals surface area contributed by atoms with Crippen LogP contribution in [0.5, 0.6) is 11.5 Å². The van der Waals surface area contributed by atoms with E-state index >= 15 is 0 Å². The fourth-order valence-electron chi connectivity index (χ4n) is 2.22. The Morgan fingerprint density at radius 1 is 0.952 bits per heavy atom. The average Bonchev–Trinajstić information content (AvgIpc) is 2.50. The molecule has 0 saturated carbocycles. The maximum Gasteiger partial charge on any atom is 0.150 e. The topological polar surface area (TPSA) is 35.5 Å². The van der Waals surface area contributed by atoms with E-state index < -0.39 is 0 Å². The Labute approximate surface area is 125 Å². The minimum absolute atomic E-state index is 0.592. The molecule has 0 heterocycles. The van der Waals surface area contributed by atoms with Gasteiger partial charge in [-0.05, 0) is 49.2 Å². The molecule has 2 aromatic rings. The molecule has 0 bridgehead atoms. The van der Waals surface area contributed by atoms with Gasteiger partial charge in [-0.1, -0.05) is 18.2 Å². The van der Waals surface area contributed by atoms with E-state index in [2.05, 4.69) is 0 Å². The summed E-state index contributed by atoms with van der Waals surface area (Å²) in [5.41, 5.74) is 2.66. The van der Waals surface area contributed by atoms with Crippen LogP contribution in [-0.2, 0) is 0 Å². The van der Waals surface area contributed by atoms with E-state index in [-0.39, 0.29) is 0 Å². The van der Waals surface area contributed by atoms with Crippen LogP contribution < -0.4 is 9.47 Å². The van der Waals surface area contributed by atoms with Crippen LogP contribution in [0.1, 0.15) is 27.9 Å². The monoisotopic (exact) mass is 284 g/mol. The number of aryl methyl sites for hydroxylation is 2. The fourth-order valence-corrected chi connectivity index (χ4v) is 2.22. The van der Waals surface area contributed by atoms with E-state index in [0.717, 1.165) is 35.3 Å². The van der Waals surface area contributed by atoms with Crippen molar-refractivity contribution in [2.75, 3.05) is 13.2 Å². The summed E-state index contributed by atoms with van der Waals surface area (Å²) in [5.74, 6) is 1.74. The molecule has 3 heteroatoms. The molecule has 0 aliphatic heterocycles. The molecule has 0 atom stereocenters. The average molecular weight is 284 g/mol. The van der Waals surface area contributed by atoms with Crippen molar-refractivity contribution in [1.82, 2.24) is 0 Å². The molecular weight excluding hydrogens is 264 g/mol. The molecular formula is C18H20O3. The first-order valence-electron chi connectivity index (χ1n) is 7.08. The van der Waals surface area contributed by atoms with Crippen molar-refractivity contribution in [3.8, 4) is 11.5 Å². The molecule has 0 amide bonds. The molecule has 0 aliphatic carbocycles. The smallest absolute Gasteiger partial charge is 0.150 e. The first-order chi connectivity index (χ1) is 10.2. The van der Waals surface area contributed by atoms with Gasteiger partial charge in [0.05, 0.1) is 13.2 Å². The van der Waals surface area contributed by atoms with Crippen molar-refractivity contribution < 1.29 is 14.3 Å². The standard InChI is InChI=1S/C18H20O3/c1-14-11-16(13-19)12-15(2)18(14)21-10-6-9-20-17-7-4-3-5-8-17/h3-5,7-8,11-13H,6,9-10H2,1-2H3. The molecule has 0 N–H and O–H groups in total. The lowest BCUT2D eigenvalue weighted by Gasteiger charge is -2.13. The zero-order valence-electron chi connectivity index (χ0n) is 12.5. The highest BCUT2D eigenvalue weighted by molar-refractivity contribution is 5.76. The summed E-state index contributed by atoms with van der Waals surface area (Å²) in [4.78, 5) is 10.8. The number of benzene rings is 2. The number of hydrogen-bond donors (Lipinski definition) is 0. The first kappa shape index (κ1) is 15.1. The van der Waals surface area contributed by atoms with Crippen LogP contribution in [0.2, 0.25) is 0 Å². The van der Waals surface area contributed by atoms with Crippen molar-refractivity contribution in [1.29, 1.82) is 0 Å². The van der Waals surface area contributed by atoms with Gasteiger partial charge in [-0.25, -0.2) is 0 Å². The molecule has 0 unspecified atom stereocenters. The first-order valence-corrected chi connectivity index (χ1v) is 7.08. The minimum Gasteiger partial charge on any atom is -0.493 e. The number of rotatable bonds is 7. The summed E-state index contributed by atoms with van der Waals surface area (Å²) < 4.78 is 11.4. The van der Waals surface area contributed by atoms with Crippen LogP contribution in [0.3, 0.4) is 0 Å². The highest BCUT2D eigenvalue weighted by atomic mass is 16.5. The van der Waals surface area contributed by atoms with Gasteiger partial charge in [0, 0.05) is 12.0 Å². The maximum absolute atomic E-state index is 10.8. The highest BCUT2D eigenvalue weighted by Gasteiger charge is 2.06. The molecule has 0 saturated heterocycles. The predicted molar refractivity (Wildman–Crippen MR) is 83.4 cm³/mol. The van der Waals surface area contributed by atoms with Gasteiger partial charge in [-0.3, -0.25) is 4.79 Å². The van der Waals surface area contributed by atoms with Crippen molar-refractivity contribution in [3.63, 3.8) is 0 Å². The number of aldehydes is 1. The van der Waals surface area contributed by atoms with Crippen molar-refractivity contribution in [2.45, 2.75) is 20.3 Å². The third kappa shape index (κ3) is 4.35. The summed E-state index contributed by atoms with van der Waals surface area (Å²) in [5, 5.41) is 0. The molecule has 0 radical (unpaired) electrons. The van der Waals surface area contributed by atoms with Crippen molar-refractivity contribution in [3.05, 3.63) is 59.2 Å². The number of para-hydroxylation sites is 1. The summed E-state index contributed by atoms with van der Waals surface area (Å²) >= 11 is 0. The lowest BCUT2D eigenvalue weighted by atomic mass is 10.1. The van der Waals surface area contributed by atoms with Crippen LogP contribution in [0.15, 0.2) is 42.5 Å². The predicted octanol–water partition coefficient (Wildman–Crippen LogP) is 3.96. The maximum atomic E-state index is 10.8. The molecule has 110 valence electrons. The van der Waals surface area contributed by atoms with Gasteiger partial charge >= 0.3 is 0 Å². The van der Waals surface area contributed by atoms with Gasteiger partial charge in [-0.15, -0.1) is 0 Å². The molecule has 21 heavy (non-hydrogen) atoms. The van der Waals surface area contributed by atoms with Gasteiger partial charge in [0.2, 0.25) is 0 Å². The van der Waals surface area contributed by atoms with Crippen molar-refractivity contribution >= 4 is 6.29 Å². The Balaban J connectivity index is 1.80. The van der Waals surface area contributed by atoms with E-state index in [0.29, 0.717) is 18.8 Å². The van der Waals surface area contributed by atoms with Crippen LogP contribution in [-0.4, -0.2) is 19.5 Å². The number of hydrogen-bond acceptors (Lipinski definition) is 3. The molecule has 3 nitrogen and oxygen atoms in total. The quantitative estimate of drug-likeness (QED) is 0.570. The Morgan fingerprint density at radius 2 is 1.57 bits per heavy atom. The Kier molecular flexibility index (Phi) is 5.38. The molecule has 0 spiro atoms. The van der Waals surface area contributed by atoms with Crippen molar-refractivity contribution in [2.24, 2.45) is 0 Å². The second-order valence-electron chi connectivity index (χ2n) is 4.97. The van der Waals surface area contributed by atoms with E-state index in [4.69, 9.17) is 9.47 Å².